The molecule has 0 radical (unpaired) electrons. The van der Waals surface area contributed by atoms with E-state index in [4.69, 9.17) is 7.48 Å². The van der Waals surface area contributed by atoms with Crippen molar-refractivity contribution in [1.29, 1.82) is 0 Å². The second-order valence-electron chi connectivity index (χ2n) is 10.8. The number of hydrazine groups is 1. The molecular weight excluding hydrogens is 418 g/mol. The Morgan fingerprint density at radius 2 is 2.03 bits per heavy atom. The maximum absolute atomic E-state index is 13.2. The topological polar surface area (TPSA) is 102 Å². The Morgan fingerprint density at radius 1 is 1.12 bits per heavy atom. The normalized spacial score (nSPS) is 43.9. The fourth-order valence-corrected chi connectivity index (χ4v) is 6.62. The molecule has 8 atom stereocenters. The first-order valence-electron chi connectivity index (χ1n) is 14.3. The SMILES string of the molecule is [2H]C([2H])(NC1CCCC(C(=O)N[C@H]2COCC3CCCCC32)C1)C1NNC(C2CCNCN2)N1C. The molecule has 3 aliphatic heterocycles. The van der Waals surface area contributed by atoms with Gasteiger partial charge in [-0.2, -0.15) is 0 Å². The zero-order valence-electron chi connectivity index (χ0n) is 22.1. The lowest BCUT2D eigenvalue weighted by Crippen LogP contribution is -2.58. The van der Waals surface area contributed by atoms with Crippen LogP contribution in [0.2, 0.25) is 0 Å². The lowest BCUT2D eigenvalue weighted by Gasteiger charge is -2.42. The van der Waals surface area contributed by atoms with Gasteiger partial charge in [0.1, 0.15) is 0 Å². The van der Waals surface area contributed by atoms with Crippen molar-refractivity contribution in [3.8, 4) is 0 Å². The van der Waals surface area contributed by atoms with Crippen LogP contribution in [0.5, 0.6) is 0 Å². The highest BCUT2D eigenvalue weighted by molar-refractivity contribution is 5.79. The van der Waals surface area contributed by atoms with E-state index >= 15 is 0 Å². The standard InChI is InChI=1S/C24H45N7O2/c1-31-22(29-30-23(31)20-9-10-25-15-27-20)12-26-18-7-4-6-16(11-18)24(32)28-21-14-33-13-17-5-2-3-8-19(17)21/h16-23,25-27,29-30H,2-15H2,1H3,(H,28,32)/t16?,17?,18?,19?,20?,21-,22?,23?/m0/s1/i12D2. The van der Waals surface area contributed by atoms with Crippen molar-refractivity contribution in [1.82, 2.24) is 37.0 Å². The Labute approximate surface area is 201 Å². The average molecular weight is 466 g/mol. The third-order valence-corrected chi connectivity index (χ3v) is 8.63. The van der Waals surface area contributed by atoms with Gasteiger partial charge in [0.15, 0.2) is 0 Å². The summed E-state index contributed by atoms with van der Waals surface area (Å²) in [5, 5.41) is 13.4. The molecule has 0 bridgehead atoms. The minimum atomic E-state index is -1.64. The predicted octanol–water partition coefficient (Wildman–Crippen LogP) is 0.0570. The number of rotatable bonds is 6. The maximum atomic E-state index is 13.2. The summed E-state index contributed by atoms with van der Waals surface area (Å²) < 4.78 is 23.5. The predicted molar refractivity (Wildman–Crippen MR) is 128 cm³/mol. The van der Waals surface area contributed by atoms with Crippen LogP contribution in [0.15, 0.2) is 0 Å². The lowest BCUT2D eigenvalue weighted by atomic mass is 9.74. The molecule has 9 nitrogen and oxygen atoms in total. The first-order valence-corrected chi connectivity index (χ1v) is 13.3. The molecule has 33 heavy (non-hydrogen) atoms. The number of carbonyl (C=O) groups is 1. The van der Waals surface area contributed by atoms with E-state index in [1.807, 2.05) is 11.9 Å². The van der Waals surface area contributed by atoms with Crippen LogP contribution in [0.4, 0.5) is 0 Å². The van der Waals surface area contributed by atoms with Gasteiger partial charge in [0.05, 0.1) is 25.0 Å². The Hall–Kier alpha value is -0.810. The lowest BCUT2D eigenvalue weighted by molar-refractivity contribution is -0.130. The fourth-order valence-electron chi connectivity index (χ4n) is 6.62. The Balaban J connectivity index is 1.14. The summed E-state index contributed by atoms with van der Waals surface area (Å²) in [5.74, 6) is 1.20. The van der Waals surface area contributed by atoms with Gasteiger partial charge in [-0.3, -0.25) is 15.0 Å². The fraction of sp³-hybridized carbons (Fsp3) is 0.958. The Kier molecular flexibility index (Phi) is 7.34. The van der Waals surface area contributed by atoms with Crippen molar-refractivity contribution >= 4 is 5.91 Å². The molecule has 3 heterocycles. The summed E-state index contributed by atoms with van der Waals surface area (Å²) in [6, 6.07) is 0.361. The van der Waals surface area contributed by atoms with Gasteiger partial charge in [-0.1, -0.05) is 19.3 Å². The number of fused-ring (bicyclic) bond motifs is 1. The van der Waals surface area contributed by atoms with E-state index in [1.54, 1.807) is 0 Å². The molecule has 0 aromatic heterocycles. The van der Waals surface area contributed by atoms with Crippen molar-refractivity contribution in [2.75, 3.05) is 40.0 Å². The van der Waals surface area contributed by atoms with Gasteiger partial charge in [0.2, 0.25) is 5.91 Å². The number of likely N-dealkylation sites (N-methyl/N-ethyl adjacent to an activating group) is 1. The number of carbonyl (C=O) groups excluding carboxylic acids is 1. The molecule has 1 amide bonds. The molecule has 9 heteroatoms. The van der Waals surface area contributed by atoms with Crippen molar-refractivity contribution < 1.29 is 12.3 Å². The molecule has 5 rings (SSSR count). The van der Waals surface area contributed by atoms with Crippen LogP contribution < -0.4 is 32.1 Å². The second-order valence-corrected chi connectivity index (χ2v) is 10.8. The number of hydrogen-bond donors (Lipinski definition) is 6. The van der Waals surface area contributed by atoms with E-state index < -0.39 is 12.7 Å². The van der Waals surface area contributed by atoms with Crippen LogP contribution in [0.1, 0.15) is 60.5 Å². The second kappa shape index (κ2) is 11.3. The van der Waals surface area contributed by atoms with E-state index in [1.165, 1.54) is 25.7 Å². The maximum Gasteiger partial charge on any atom is 0.223 e. The summed E-state index contributed by atoms with van der Waals surface area (Å²) in [5.41, 5.74) is 6.48. The summed E-state index contributed by atoms with van der Waals surface area (Å²) >= 11 is 0. The largest absolute Gasteiger partial charge is 0.379 e. The minimum absolute atomic E-state index is 0.0187. The van der Waals surface area contributed by atoms with E-state index in [-0.39, 0.29) is 36.1 Å². The molecular formula is C24H45N7O2. The molecule has 7 unspecified atom stereocenters. The van der Waals surface area contributed by atoms with E-state index in [9.17, 15) is 4.79 Å². The monoisotopic (exact) mass is 465 g/mol. The summed E-state index contributed by atoms with van der Waals surface area (Å²) in [4.78, 5) is 15.3. The van der Waals surface area contributed by atoms with Crippen molar-refractivity contribution in [2.45, 2.75) is 88.2 Å². The quantitative estimate of drug-likeness (QED) is 0.327. The molecule has 0 aromatic carbocycles. The highest BCUT2D eigenvalue weighted by Crippen LogP contribution is 2.36. The first kappa shape index (κ1) is 21.5. The summed E-state index contributed by atoms with van der Waals surface area (Å²) in [7, 11) is 1.97. The number of nitrogens with one attached hydrogen (secondary N) is 6. The third-order valence-electron chi connectivity index (χ3n) is 8.63. The molecule has 188 valence electrons. The zero-order chi connectivity index (χ0) is 24.4. The number of ether oxygens (including phenoxy) is 1. The molecule has 0 aromatic rings. The van der Waals surface area contributed by atoms with Crippen LogP contribution in [0.3, 0.4) is 0 Å². The van der Waals surface area contributed by atoms with Crippen LogP contribution in [-0.4, -0.2) is 81.2 Å². The van der Waals surface area contributed by atoms with Gasteiger partial charge in [-0.05, 0) is 64.0 Å². The summed E-state index contributed by atoms with van der Waals surface area (Å²) in [6.45, 7) is 1.56. The summed E-state index contributed by atoms with van der Waals surface area (Å²) in [6.07, 6.45) is 8.83. The van der Waals surface area contributed by atoms with Crippen LogP contribution in [0, 0.1) is 17.8 Å². The number of hydrogen-bond acceptors (Lipinski definition) is 8. The van der Waals surface area contributed by atoms with E-state index in [0.29, 0.717) is 24.9 Å². The van der Waals surface area contributed by atoms with Gasteiger partial charge in [-0.25, -0.2) is 10.9 Å². The average Bonchev–Trinajstić information content (AvgIpc) is 3.27. The van der Waals surface area contributed by atoms with E-state index in [0.717, 1.165) is 45.5 Å². The van der Waals surface area contributed by atoms with Gasteiger partial charge in [-0.15, -0.1) is 0 Å². The Bertz CT molecular complexity index is 724. The van der Waals surface area contributed by atoms with Gasteiger partial charge in [0.25, 0.3) is 0 Å². The molecule has 6 N–H and O–H groups in total. The number of amides is 1. The molecule has 3 saturated heterocycles. The zero-order valence-corrected chi connectivity index (χ0v) is 20.1. The van der Waals surface area contributed by atoms with E-state index in [2.05, 4.69) is 32.1 Å². The number of nitrogens with zero attached hydrogens (tertiary/aromatic N) is 1. The van der Waals surface area contributed by atoms with Gasteiger partial charge < -0.3 is 20.7 Å². The molecule has 2 saturated carbocycles. The van der Waals surface area contributed by atoms with Crippen molar-refractivity contribution in [2.24, 2.45) is 17.8 Å². The van der Waals surface area contributed by atoms with Crippen LogP contribution in [-0.2, 0) is 9.53 Å². The minimum Gasteiger partial charge on any atom is -0.379 e. The molecule has 5 fully saturated rings. The third kappa shape index (κ3) is 5.72. The molecule has 5 aliphatic rings. The van der Waals surface area contributed by atoms with Crippen molar-refractivity contribution in [3.63, 3.8) is 0 Å². The van der Waals surface area contributed by atoms with Gasteiger partial charge >= 0.3 is 0 Å². The van der Waals surface area contributed by atoms with Crippen molar-refractivity contribution in [3.05, 3.63) is 0 Å². The molecule has 0 spiro atoms. The highest BCUT2D eigenvalue weighted by atomic mass is 16.5. The van der Waals surface area contributed by atoms with Crippen LogP contribution in [0.25, 0.3) is 0 Å². The smallest absolute Gasteiger partial charge is 0.223 e. The first-order chi connectivity index (χ1) is 16.9. The molecule has 2 aliphatic carbocycles. The highest BCUT2D eigenvalue weighted by Gasteiger charge is 2.39. The van der Waals surface area contributed by atoms with Crippen LogP contribution >= 0.6 is 0 Å². The Morgan fingerprint density at radius 3 is 2.91 bits per heavy atom. The van der Waals surface area contributed by atoms with Gasteiger partial charge in [0, 0.05) is 40.5 Å².